The van der Waals surface area contributed by atoms with Gasteiger partial charge in [0.25, 0.3) is 0 Å². The van der Waals surface area contributed by atoms with Gasteiger partial charge < -0.3 is 14.9 Å². The van der Waals surface area contributed by atoms with Crippen molar-refractivity contribution in [1.82, 2.24) is 0 Å². The summed E-state index contributed by atoms with van der Waals surface area (Å²) >= 11 is 1.40. The average molecular weight is 197 g/mol. The van der Waals surface area contributed by atoms with Gasteiger partial charge in [-0.15, -0.1) is 0 Å². The molecule has 1 saturated heterocycles. The van der Waals surface area contributed by atoms with E-state index in [9.17, 15) is 0 Å². The highest BCUT2D eigenvalue weighted by Crippen LogP contribution is 2.21. The van der Waals surface area contributed by atoms with Crippen molar-refractivity contribution in [3.8, 4) is 0 Å². The van der Waals surface area contributed by atoms with Crippen LogP contribution in [-0.2, 0) is 0 Å². The Morgan fingerprint density at radius 2 is 2.00 bits per heavy atom. The van der Waals surface area contributed by atoms with Crippen LogP contribution in [-0.4, -0.2) is 30.3 Å². The van der Waals surface area contributed by atoms with Crippen LogP contribution in [0.15, 0.2) is 11.4 Å². The monoisotopic (exact) mass is 197 g/mol. The smallest absolute Gasteiger partial charge is 0.423 e. The molecule has 0 atom stereocenters. The molecule has 0 aromatic carbocycles. The lowest BCUT2D eigenvalue weighted by Crippen LogP contribution is -2.27. The first-order valence-electron chi connectivity index (χ1n) is 4.47. The van der Waals surface area contributed by atoms with Crippen LogP contribution in [0.3, 0.4) is 0 Å². The number of hydrogen-bond donors (Lipinski definition) is 2. The van der Waals surface area contributed by atoms with Crippen LogP contribution in [0.25, 0.3) is 0 Å². The van der Waals surface area contributed by atoms with Crippen LogP contribution in [0.1, 0.15) is 12.8 Å². The first kappa shape index (κ1) is 9.06. The van der Waals surface area contributed by atoms with Crippen LogP contribution in [0.5, 0.6) is 0 Å². The molecular weight excluding hydrogens is 185 g/mol. The van der Waals surface area contributed by atoms with Crippen LogP contribution in [0.2, 0.25) is 0 Å². The Kier molecular flexibility index (Phi) is 2.57. The molecular formula is C8H12BNO2S. The lowest BCUT2D eigenvalue weighted by atomic mass is 9.89. The standard InChI is InChI=1S/C8H12BNO2S/c11-9(12)8-5-7(6-13-8)10-3-1-2-4-10/h5-6,11-12H,1-4H2. The molecule has 2 rings (SSSR count). The molecule has 2 N–H and O–H groups in total. The molecule has 3 nitrogen and oxygen atoms in total. The summed E-state index contributed by atoms with van der Waals surface area (Å²) < 4.78 is 0.627. The van der Waals surface area contributed by atoms with Gasteiger partial charge in [0.2, 0.25) is 0 Å². The number of thiophene rings is 1. The second-order valence-electron chi connectivity index (χ2n) is 3.28. The van der Waals surface area contributed by atoms with E-state index in [0.717, 1.165) is 18.8 Å². The molecule has 0 saturated carbocycles. The Bertz CT molecular complexity index is 283. The Morgan fingerprint density at radius 3 is 2.54 bits per heavy atom. The van der Waals surface area contributed by atoms with Crippen LogP contribution in [0.4, 0.5) is 5.69 Å². The van der Waals surface area contributed by atoms with Crippen molar-refractivity contribution in [3.05, 3.63) is 11.4 Å². The fraction of sp³-hybridized carbons (Fsp3) is 0.500. The topological polar surface area (TPSA) is 43.7 Å². The van der Waals surface area contributed by atoms with Gasteiger partial charge in [0, 0.05) is 28.9 Å². The van der Waals surface area contributed by atoms with E-state index in [-0.39, 0.29) is 0 Å². The number of rotatable bonds is 2. The summed E-state index contributed by atoms with van der Waals surface area (Å²) in [5.74, 6) is 0. The maximum atomic E-state index is 8.93. The fourth-order valence-electron chi connectivity index (χ4n) is 1.62. The normalized spacial score (nSPS) is 16.6. The molecule has 2 heterocycles. The zero-order valence-corrected chi connectivity index (χ0v) is 8.13. The molecule has 1 fully saturated rings. The van der Waals surface area contributed by atoms with Gasteiger partial charge in [-0.2, -0.15) is 11.3 Å². The van der Waals surface area contributed by atoms with E-state index in [4.69, 9.17) is 10.0 Å². The number of nitrogens with zero attached hydrogens (tertiary/aromatic N) is 1. The van der Waals surface area contributed by atoms with E-state index in [1.807, 2.05) is 11.4 Å². The first-order valence-corrected chi connectivity index (χ1v) is 5.35. The Labute approximate surface area is 81.8 Å². The summed E-state index contributed by atoms with van der Waals surface area (Å²) in [4.78, 5) is 2.28. The lowest BCUT2D eigenvalue weighted by molar-refractivity contribution is 0.427. The highest BCUT2D eigenvalue weighted by atomic mass is 32.1. The molecule has 1 aromatic heterocycles. The largest absolute Gasteiger partial charge is 0.499 e. The average Bonchev–Trinajstić information content (AvgIpc) is 2.75. The van der Waals surface area contributed by atoms with E-state index in [1.165, 1.54) is 24.2 Å². The third kappa shape index (κ3) is 1.87. The van der Waals surface area contributed by atoms with Gasteiger partial charge >= 0.3 is 7.12 Å². The molecule has 0 aliphatic carbocycles. The van der Waals surface area contributed by atoms with Gasteiger partial charge in [-0.25, -0.2) is 0 Å². The van der Waals surface area contributed by atoms with Crippen molar-refractivity contribution < 1.29 is 10.0 Å². The Hall–Kier alpha value is -0.515. The predicted molar refractivity (Wildman–Crippen MR) is 55.6 cm³/mol. The fourth-order valence-corrected chi connectivity index (χ4v) is 2.40. The molecule has 13 heavy (non-hydrogen) atoms. The van der Waals surface area contributed by atoms with Gasteiger partial charge in [0.05, 0.1) is 0 Å². The van der Waals surface area contributed by atoms with Gasteiger partial charge in [0.15, 0.2) is 0 Å². The second-order valence-corrected chi connectivity index (χ2v) is 4.22. The Morgan fingerprint density at radius 1 is 1.31 bits per heavy atom. The highest BCUT2D eigenvalue weighted by molar-refractivity contribution is 7.20. The quantitative estimate of drug-likeness (QED) is 0.657. The van der Waals surface area contributed by atoms with Crippen LogP contribution < -0.4 is 9.68 Å². The molecule has 1 aromatic rings. The Balaban J connectivity index is 2.12. The molecule has 1 aliphatic rings. The maximum Gasteiger partial charge on any atom is 0.499 e. The second kappa shape index (κ2) is 3.70. The van der Waals surface area contributed by atoms with Crippen LogP contribution >= 0.6 is 11.3 Å². The van der Waals surface area contributed by atoms with E-state index in [0.29, 0.717) is 4.78 Å². The highest BCUT2D eigenvalue weighted by Gasteiger charge is 2.18. The van der Waals surface area contributed by atoms with Crippen molar-refractivity contribution in [2.75, 3.05) is 18.0 Å². The molecule has 5 heteroatoms. The summed E-state index contributed by atoms with van der Waals surface area (Å²) in [6.45, 7) is 2.19. The minimum atomic E-state index is -1.32. The van der Waals surface area contributed by atoms with Gasteiger partial charge in [0.1, 0.15) is 0 Å². The van der Waals surface area contributed by atoms with E-state index >= 15 is 0 Å². The van der Waals surface area contributed by atoms with Crippen molar-refractivity contribution in [2.24, 2.45) is 0 Å². The molecule has 70 valence electrons. The molecule has 1 aliphatic heterocycles. The van der Waals surface area contributed by atoms with E-state index in [2.05, 4.69) is 4.90 Å². The summed E-state index contributed by atoms with van der Waals surface area (Å²) in [5, 5.41) is 19.8. The lowest BCUT2D eigenvalue weighted by Gasteiger charge is -2.14. The third-order valence-electron chi connectivity index (χ3n) is 2.33. The van der Waals surface area contributed by atoms with E-state index in [1.54, 1.807) is 0 Å². The summed E-state index contributed by atoms with van der Waals surface area (Å²) in [5.41, 5.74) is 1.13. The molecule has 0 spiro atoms. The van der Waals surface area contributed by atoms with Gasteiger partial charge in [-0.3, -0.25) is 0 Å². The minimum absolute atomic E-state index is 0.627. The van der Waals surface area contributed by atoms with Crippen molar-refractivity contribution >= 4 is 28.9 Å². The summed E-state index contributed by atoms with van der Waals surface area (Å²) in [7, 11) is -1.32. The molecule has 0 radical (unpaired) electrons. The van der Waals surface area contributed by atoms with Crippen molar-refractivity contribution in [3.63, 3.8) is 0 Å². The first-order chi connectivity index (χ1) is 6.27. The summed E-state index contributed by atoms with van der Waals surface area (Å²) in [6, 6.07) is 1.86. The maximum absolute atomic E-state index is 8.93. The third-order valence-corrected chi connectivity index (χ3v) is 3.29. The van der Waals surface area contributed by atoms with Gasteiger partial charge in [-0.05, 0) is 18.9 Å². The molecule has 0 bridgehead atoms. The predicted octanol–water partition coefficient (Wildman–Crippen LogP) is 0.0281. The van der Waals surface area contributed by atoms with Crippen LogP contribution in [0, 0.1) is 0 Å². The zero-order valence-electron chi connectivity index (χ0n) is 7.31. The summed E-state index contributed by atoms with van der Waals surface area (Å²) in [6.07, 6.45) is 2.49. The SMILES string of the molecule is OB(O)c1cc(N2CCCC2)cs1. The zero-order chi connectivity index (χ0) is 9.26. The van der Waals surface area contributed by atoms with Gasteiger partial charge in [-0.1, -0.05) is 0 Å². The van der Waals surface area contributed by atoms with E-state index < -0.39 is 7.12 Å². The van der Waals surface area contributed by atoms with Crippen molar-refractivity contribution in [2.45, 2.75) is 12.8 Å². The molecule has 0 amide bonds. The number of anilines is 1. The molecule has 0 unspecified atom stereocenters. The van der Waals surface area contributed by atoms with Crippen molar-refractivity contribution in [1.29, 1.82) is 0 Å². The minimum Gasteiger partial charge on any atom is -0.423 e. The number of hydrogen-bond acceptors (Lipinski definition) is 4.